The highest BCUT2D eigenvalue weighted by atomic mass is 32.1. The van der Waals surface area contributed by atoms with Crippen LogP contribution in [0.5, 0.6) is 0 Å². The monoisotopic (exact) mass is 617 g/mol. The molecule has 0 aliphatic heterocycles. The topological polar surface area (TPSA) is 38.7 Å². The van der Waals surface area contributed by atoms with E-state index in [-0.39, 0.29) is 0 Å². The van der Waals surface area contributed by atoms with Gasteiger partial charge in [-0.15, -0.1) is 11.3 Å². The van der Waals surface area contributed by atoms with Gasteiger partial charge in [-0.1, -0.05) is 127 Å². The lowest BCUT2D eigenvalue weighted by Gasteiger charge is -2.13. The van der Waals surface area contributed by atoms with Crippen LogP contribution in [0, 0.1) is 0 Å². The number of hydrogen-bond acceptors (Lipinski definition) is 4. The third kappa shape index (κ3) is 4.96. The van der Waals surface area contributed by atoms with Crippen LogP contribution in [-0.4, -0.2) is 15.0 Å². The molecule has 0 N–H and O–H groups in total. The average molecular weight is 618 g/mol. The molecule has 3 nitrogen and oxygen atoms in total. The second kappa shape index (κ2) is 11.4. The molecule has 0 radical (unpaired) electrons. The zero-order valence-electron chi connectivity index (χ0n) is 25.3. The van der Waals surface area contributed by atoms with Crippen LogP contribution in [0.3, 0.4) is 0 Å². The van der Waals surface area contributed by atoms with E-state index in [4.69, 9.17) is 15.0 Å². The molecule has 0 amide bonds. The van der Waals surface area contributed by atoms with Gasteiger partial charge < -0.3 is 0 Å². The molecule has 0 aliphatic carbocycles. The first kappa shape index (κ1) is 27.3. The minimum atomic E-state index is 0.698. The minimum Gasteiger partial charge on any atom is -0.248 e. The Bertz CT molecular complexity index is 2500. The number of rotatable bonds is 5. The van der Waals surface area contributed by atoms with Crippen molar-refractivity contribution in [3.8, 4) is 56.3 Å². The Labute approximate surface area is 276 Å². The summed E-state index contributed by atoms with van der Waals surface area (Å²) in [5.74, 6) is 0.698. The van der Waals surface area contributed by atoms with Crippen molar-refractivity contribution in [2.45, 2.75) is 0 Å². The van der Waals surface area contributed by atoms with E-state index in [9.17, 15) is 0 Å². The van der Waals surface area contributed by atoms with Gasteiger partial charge in [0.15, 0.2) is 5.82 Å². The fourth-order valence-corrected chi connectivity index (χ4v) is 7.51. The second-order valence-corrected chi connectivity index (χ2v) is 12.7. The fraction of sp³-hybridized carbons (Fsp3) is 0. The molecule has 0 fully saturated rings. The molecule has 0 aliphatic rings. The van der Waals surface area contributed by atoms with E-state index >= 15 is 0 Å². The molecule has 3 heterocycles. The minimum absolute atomic E-state index is 0.698. The Hall–Kier alpha value is -5.97. The van der Waals surface area contributed by atoms with Crippen molar-refractivity contribution < 1.29 is 0 Å². The van der Waals surface area contributed by atoms with Crippen LogP contribution in [0.15, 0.2) is 164 Å². The van der Waals surface area contributed by atoms with Gasteiger partial charge in [-0.25, -0.2) is 15.0 Å². The molecular weight excluding hydrogens is 591 g/mol. The number of pyridine rings is 1. The van der Waals surface area contributed by atoms with E-state index in [1.165, 1.54) is 20.2 Å². The summed E-state index contributed by atoms with van der Waals surface area (Å²) in [7, 11) is 0. The summed E-state index contributed by atoms with van der Waals surface area (Å²) in [4.78, 5) is 15.7. The third-order valence-corrected chi connectivity index (χ3v) is 9.81. The largest absolute Gasteiger partial charge is 0.248 e. The summed E-state index contributed by atoms with van der Waals surface area (Å²) in [5.41, 5.74) is 10.2. The van der Waals surface area contributed by atoms with E-state index < -0.39 is 0 Å². The van der Waals surface area contributed by atoms with Gasteiger partial charge in [0.05, 0.1) is 22.6 Å². The molecular formula is C43H27N3S. The van der Waals surface area contributed by atoms with Crippen molar-refractivity contribution in [2.75, 3.05) is 0 Å². The first-order valence-electron chi connectivity index (χ1n) is 15.7. The van der Waals surface area contributed by atoms with Crippen LogP contribution in [0.4, 0.5) is 0 Å². The number of aromatic nitrogens is 3. The molecule has 0 saturated heterocycles. The van der Waals surface area contributed by atoms with Gasteiger partial charge in [0.1, 0.15) is 0 Å². The number of nitrogens with zero attached hydrogens (tertiary/aromatic N) is 3. The van der Waals surface area contributed by atoms with Crippen molar-refractivity contribution in [1.29, 1.82) is 0 Å². The zero-order valence-corrected chi connectivity index (χ0v) is 26.2. The summed E-state index contributed by atoms with van der Waals surface area (Å²) < 4.78 is 2.49. The molecule has 0 unspecified atom stereocenters. The maximum Gasteiger partial charge on any atom is 0.160 e. The third-order valence-electron chi connectivity index (χ3n) is 8.67. The normalized spacial score (nSPS) is 11.4. The van der Waals surface area contributed by atoms with Crippen molar-refractivity contribution >= 4 is 42.4 Å². The van der Waals surface area contributed by atoms with Gasteiger partial charge in [0.2, 0.25) is 0 Å². The van der Waals surface area contributed by atoms with Crippen LogP contribution in [0.1, 0.15) is 0 Å². The van der Waals surface area contributed by atoms with Gasteiger partial charge >= 0.3 is 0 Å². The fourth-order valence-electron chi connectivity index (χ4n) is 6.40. The lowest BCUT2D eigenvalue weighted by molar-refractivity contribution is 1.23. The van der Waals surface area contributed by atoms with Crippen LogP contribution < -0.4 is 0 Å². The summed E-state index contributed by atoms with van der Waals surface area (Å²) >= 11 is 1.81. The predicted octanol–water partition coefficient (Wildman–Crippen LogP) is 11.7. The zero-order chi connectivity index (χ0) is 31.2. The van der Waals surface area contributed by atoms with Crippen molar-refractivity contribution in [2.24, 2.45) is 0 Å². The SMILES string of the molecule is c1ccc(-c2cc(-c3ccccc3)nc(-c3cccc(-c4nc(-c5ccccc5)c5ccc6sc7ccccc7c6c5n4)c3)c2)cc1. The van der Waals surface area contributed by atoms with Gasteiger partial charge in [-0.2, -0.15) is 0 Å². The van der Waals surface area contributed by atoms with Gasteiger partial charge in [-0.05, 0) is 47.5 Å². The van der Waals surface area contributed by atoms with E-state index in [1.807, 2.05) is 29.5 Å². The Morgan fingerprint density at radius 3 is 1.74 bits per heavy atom. The highest BCUT2D eigenvalue weighted by Crippen LogP contribution is 2.41. The lowest BCUT2D eigenvalue weighted by atomic mass is 9.99. The van der Waals surface area contributed by atoms with Gasteiger partial charge in [0, 0.05) is 47.8 Å². The second-order valence-electron chi connectivity index (χ2n) is 11.6. The molecule has 9 aromatic rings. The molecule has 0 saturated carbocycles. The van der Waals surface area contributed by atoms with Crippen molar-refractivity contribution in [3.63, 3.8) is 0 Å². The molecule has 0 bridgehead atoms. The van der Waals surface area contributed by atoms with Crippen molar-refractivity contribution in [1.82, 2.24) is 15.0 Å². The van der Waals surface area contributed by atoms with E-state index in [2.05, 4.69) is 146 Å². The summed E-state index contributed by atoms with van der Waals surface area (Å²) in [5, 5.41) is 3.47. The van der Waals surface area contributed by atoms with Gasteiger partial charge in [-0.3, -0.25) is 0 Å². The summed E-state index contributed by atoms with van der Waals surface area (Å²) in [6.07, 6.45) is 0. The predicted molar refractivity (Wildman–Crippen MR) is 197 cm³/mol. The smallest absolute Gasteiger partial charge is 0.160 e. The molecule has 0 spiro atoms. The van der Waals surface area contributed by atoms with Crippen LogP contribution in [0.2, 0.25) is 0 Å². The number of hydrogen-bond donors (Lipinski definition) is 0. The number of benzene rings is 6. The molecule has 220 valence electrons. The maximum atomic E-state index is 5.32. The molecule has 9 rings (SSSR count). The van der Waals surface area contributed by atoms with Crippen LogP contribution in [0.25, 0.3) is 87.4 Å². The van der Waals surface area contributed by atoms with Gasteiger partial charge in [0.25, 0.3) is 0 Å². The Kier molecular flexibility index (Phi) is 6.65. The summed E-state index contributed by atoms with van der Waals surface area (Å²) in [6, 6.07) is 57.1. The van der Waals surface area contributed by atoms with Crippen LogP contribution in [-0.2, 0) is 0 Å². The molecule has 4 heteroatoms. The maximum absolute atomic E-state index is 5.32. The van der Waals surface area contributed by atoms with E-state index in [1.54, 1.807) is 0 Å². The van der Waals surface area contributed by atoms with Crippen LogP contribution >= 0.6 is 11.3 Å². The first-order valence-corrected chi connectivity index (χ1v) is 16.5. The molecule has 47 heavy (non-hydrogen) atoms. The molecule has 6 aromatic carbocycles. The first-order chi connectivity index (χ1) is 23.3. The van der Waals surface area contributed by atoms with E-state index in [0.717, 1.165) is 61.4 Å². The number of thiophene rings is 1. The lowest BCUT2D eigenvalue weighted by Crippen LogP contribution is -1.96. The quantitative estimate of drug-likeness (QED) is 0.193. The van der Waals surface area contributed by atoms with E-state index in [0.29, 0.717) is 5.82 Å². The highest BCUT2D eigenvalue weighted by molar-refractivity contribution is 7.26. The average Bonchev–Trinajstić information content (AvgIpc) is 3.55. The summed E-state index contributed by atoms with van der Waals surface area (Å²) in [6.45, 7) is 0. The molecule has 0 atom stereocenters. The molecule has 3 aromatic heterocycles. The van der Waals surface area contributed by atoms with Crippen molar-refractivity contribution in [3.05, 3.63) is 164 Å². The standard InChI is InChI=1S/C43H27N3S/c1-4-13-28(14-5-1)33-26-36(29-15-6-2-7-16-29)44-37(27-33)31-19-12-20-32(25-31)43-45-41(30-17-8-3-9-18-30)35-23-24-39-40(42(35)46-43)34-21-10-11-22-38(34)47-39/h1-27H. The Morgan fingerprint density at radius 1 is 0.362 bits per heavy atom. The Morgan fingerprint density at radius 2 is 0.979 bits per heavy atom. The highest BCUT2D eigenvalue weighted by Gasteiger charge is 2.17. The Balaban J connectivity index is 1.26. The number of fused-ring (bicyclic) bond motifs is 5.